The molecular weight excluding hydrogens is 531 g/mol. The lowest BCUT2D eigenvalue weighted by molar-refractivity contribution is -0.0565. The van der Waals surface area contributed by atoms with Crippen LogP contribution in [-0.2, 0) is 23.1 Å². The molecule has 2 aliphatic rings. The Morgan fingerprint density at radius 3 is 2.61 bits per heavy atom. The number of aliphatic hydroxyl groups excluding tert-OH is 2. The monoisotopic (exact) mass is 556 g/mol. The highest BCUT2D eigenvalue weighted by Crippen LogP contribution is 2.49. The van der Waals surface area contributed by atoms with Crippen LogP contribution in [0.1, 0.15) is 31.1 Å². The van der Waals surface area contributed by atoms with E-state index in [1.807, 2.05) is 0 Å². The summed E-state index contributed by atoms with van der Waals surface area (Å²) < 4.78 is 36.8. The van der Waals surface area contributed by atoms with E-state index in [0.717, 1.165) is 10.9 Å². The Morgan fingerprint density at radius 2 is 1.87 bits per heavy atom. The zero-order valence-corrected chi connectivity index (χ0v) is 20.7. The number of ether oxygens (including phenoxy) is 2. The Labute approximate surface area is 212 Å². The third kappa shape index (κ3) is 5.25. The van der Waals surface area contributed by atoms with E-state index in [9.17, 15) is 29.3 Å². The fraction of sp³-hybridized carbons (Fsp3) is 0.579. The minimum Gasteiger partial charge on any atom is -0.394 e. The van der Waals surface area contributed by atoms with Crippen LogP contribution in [0.3, 0.4) is 0 Å². The van der Waals surface area contributed by atoms with E-state index in [0.29, 0.717) is 5.82 Å². The molecule has 0 bridgehead atoms. The quantitative estimate of drug-likeness (QED) is 0.190. The number of phosphoric ester groups is 1. The molecule has 38 heavy (non-hydrogen) atoms. The lowest BCUT2D eigenvalue weighted by Gasteiger charge is -2.21. The van der Waals surface area contributed by atoms with E-state index in [-0.39, 0.29) is 30.0 Å². The number of nitrogens with two attached hydrogens (primary N) is 1. The highest BCUT2D eigenvalue weighted by molar-refractivity contribution is 7.47. The first-order valence-electron chi connectivity index (χ1n) is 11.4. The highest BCUT2D eigenvalue weighted by atomic mass is 31.2. The number of nitrogen functional groups attached to an aromatic ring is 1. The molecule has 5 rings (SSSR count). The average Bonchev–Trinajstić information content (AvgIpc) is 3.54. The van der Waals surface area contributed by atoms with Crippen LogP contribution in [0.5, 0.6) is 0 Å². The fourth-order valence-corrected chi connectivity index (χ4v) is 5.31. The third-order valence-electron chi connectivity index (χ3n) is 6.15. The van der Waals surface area contributed by atoms with E-state index >= 15 is 0 Å². The Kier molecular flexibility index (Phi) is 7.14. The molecule has 0 radical (unpaired) electrons. The standard InChI is InChI=1S/C19H25N8O10P/c1-8-23-16-15(17(30)24-8)21-6-26(16)13-2-9(29)12(36-13)5-34-38(32,33)37-10-3-14(35-11(10)4-28)27-7-22-18(20)25-19(27)31/h6-7,9-14,28-29H,2-5H2,1H3,(H,32,33)(H2,20,25,31)(H,23,24,30)/t9?,10?,11-,12-,13-,14-/m1/s1. The van der Waals surface area contributed by atoms with Gasteiger partial charge in [-0.2, -0.15) is 4.98 Å². The molecule has 2 fully saturated rings. The van der Waals surface area contributed by atoms with Gasteiger partial charge in [0.15, 0.2) is 11.2 Å². The second-order valence-electron chi connectivity index (χ2n) is 8.77. The number of hydrogen-bond acceptors (Lipinski definition) is 14. The van der Waals surface area contributed by atoms with Crippen molar-refractivity contribution in [1.82, 2.24) is 34.1 Å². The largest absolute Gasteiger partial charge is 0.472 e. The van der Waals surface area contributed by atoms with Crippen LogP contribution in [0.2, 0.25) is 0 Å². The van der Waals surface area contributed by atoms with E-state index in [2.05, 4.69) is 24.9 Å². The van der Waals surface area contributed by atoms with Gasteiger partial charge in [-0.15, -0.1) is 0 Å². The number of imidazole rings is 1. The number of aromatic amines is 1. The maximum absolute atomic E-state index is 12.7. The highest BCUT2D eigenvalue weighted by Gasteiger charge is 2.43. The van der Waals surface area contributed by atoms with Gasteiger partial charge in [0.25, 0.3) is 5.56 Å². The van der Waals surface area contributed by atoms with Gasteiger partial charge >= 0.3 is 13.5 Å². The van der Waals surface area contributed by atoms with Crippen molar-refractivity contribution in [3.8, 4) is 0 Å². The number of aryl methyl sites for hydroxylation is 1. The number of nitrogens with zero attached hydrogens (tertiary/aromatic N) is 6. The molecule has 2 saturated heterocycles. The summed E-state index contributed by atoms with van der Waals surface area (Å²) in [6.45, 7) is 0.517. The van der Waals surface area contributed by atoms with Crippen LogP contribution in [0.15, 0.2) is 22.2 Å². The molecule has 3 aromatic heterocycles. The second kappa shape index (κ2) is 10.2. The van der Waals surface area contributed by atoms with E-state index in [4.69, 9.17) is 24.3 Å². The molecular formula is C19H25N8O10P. The Morgan fingerprint density at radius 1 is 1.16 bits per heavy atom. The molecule has 0 spiro atoms. The van der Waals surface area contributed by atoms with Crippen molar-refractivity contribution >= 4 is 24.9 Å². The van der Waals surface area contributed by atoms with Crippen LogP contribution in [0.4, 0.5) is 5.95 Å². The van der Waals surface area contributed by atoms with Gasteiger partial charge in [-0.3, -0.25) is 23.0 Å². The smallest absolute Gasteiger partial charge is 0.394 e. The third-order valence-corrected chi connectivity index (χ3v) is 7.16. The zero-order chi connectivity index (χ0) is 27.2. The first-order valence-corrected chi connectivity index (χ1v) is 12.9. The predicted octanol–water partition coefficient (Wildman–Crippen LogP) is -1.91. The number of aliphatic hydroxyl groups is 2. The van der Waals surface area contributed by atoms with Crippen molar-refractivity contribution in [3.63, 3.8) is 0 Å². The molecule has 2 aliphatic heterocycles. The van der Waals surface area contributed by atoms with Crippen molar-refractivity contribution in [2.24, 2.45) is 0 Å². The van der Waals surface area contributed by atoms with Crippen molar-refractivity contribution in [1.29, 1.82) is 0 Å². The molecule has 0 amide bonds. The van der Waals surface area contributed by atoms with Crippen LogP contribution in [-0.4, -0.2) is 86.8 Å². The van der Waals surface area contributed by atoms with Crippen LogP contribution >= 0.6 is 7.82 Å². The van der Waals surface area contributed by atoms with Gasteiger partial charge in [-0.25, -0.2) is 24.3 Å². The molecule has 19 heteroatoms. The molecule has 0 saturated carbocycles. The van der Waals surface area contributed by atoms with Gasteiger partial charge in [0.05, 0.1) is 25.6 Å². The summed E-state index contributed by atoms with van der Waals surface area (Å²) >= 11 is 0. The van der Waals surface area contributed by atoms with Gasteiger partial charge < -0.3 is 35.3 Å². The lowest BCUT2D eigenvalue weighted by atomic mass is 10.2. The molecule has 3 aromatic rings. The summed E-state index contributed by atoms with van der Waals surface area (Å²) in [5.41, 5.74) is 4.57. The summed E-state index contributed by atoms with van der Waals surface area (Å²) in [6, 6.07) is 0. The number of H-pyrrole nitrogens is 1. The van der Waals surface area contributed by atoms with Crippen LogP contribution in [0, 0.1) is 6.92 Å². The zero-order valence-electron chi connectivity index (χ0n) is 19.9. The first kappa shape index (κ1) is 26.5. The molecule has 6 N–H and O–H groups in total. The minimum absolute atomic E-state index is 0.0761. The van der Waals surface area contributed by atoms with Crippen molar-refractivity contribution in [2.45, 2.75) is 56.6 Å². The van der Waals surface area contributed by atoms with Gasteiger partial charge in [0.1, 0.15) is 42.9 Å². The number of nitrogens with one attached hydrogen (secondary N) is 1. The van der Waals surface area contributed by atoms with Gasteiger partial charge in [-0.05, 0) is 6.92 Å². The topological polar surface area (TPSA) is 252 Å². The van der Waals surface area contributed by atoms with Crippen LogP contribution in [0.25, 0.3) is 11.2 Å². The Balaban J connectivity index is 1.22. The Hall–Kier alpha value is -3.09. The maximum atomic E-state index is 12.7. The molecule has 3 unspecified atom stereocenters. The van der Waals surface area contributed by atoms with Crippen molar-refractivity contribution < 1.29 is 38.2 Å². The number of phosphoric acid groups is 1. The molecule has 206 valence electrons. The van der Waals surface area contributed by atoms with Gasteiger partial charge in [-0.1, -0.05) is 0 Å². The Bertz CT molecular complexity index is 1490. The van der Waals surface area contributed by atoms with Crippen molar-refractivity contribution in [3.05, 3.63) is 39.3 Å². The predicted molar refractivity (Wildman–Crippen MR) is 124 cm³/mol. The minimum atomic E-state index is -4.74. The molecule has 7 atom stereocenters. The van der Waals surface area contributed by atoms with Gasteiger partial charge in [0.2, 0.25) is 5.95 Å². The second-order valence-corrected chi connectivity index (χ2v) is 10.2. The number of anilines is 1. The number of hydrogen-bond donors (Lipinski definition) is 5. The first-order chi connectivity index (χ1) is 18.0. The summed E-state index contributed by atoms with van der Waals surface area (Å²) in [5.74, 6) is 0.137. The van der Waals surface area contributed by atoms with Crippen molar-refractivity contribution in [2.75, 3.05) is 18.9 Å². The van der Waals surface area contributed by atoms with Gasteiger partial charge in [0, 0.05) is 12.8 Å². The van der Waals surface area contributed by atoms with E-state index in [1.54, 1.807) is 6.92 Å². The summed E-state index contributed by atoms with van der Waals surface area (Å²) in [4.78, 5) is 52.5. The van der Waals surface area contributed by atoms with Crippen LogP contribution < -0.4 is 17.0 Å². The lowest BCUT2D eigenvalue weighted by Crippen LogP contribution is -2.29. The number of rotatable bonds is 8. The molecule has 5 heterocycles. The summed E-state index contributed by atoms with van der Waals surface area (Å²) in [5, 5.41) is 20.1. The summed E-state index contributed by atoms with van der Waals surface area (Å²) in [7, 11) is -4.74. The molecule has 0 aromatic carbocycles. The number of fused-ring (bicyclic) bond motifs is 1. The maximum Gasteiger partial charge on any atom is 0.472 e. The normalized spacial score (nSPS) is 29.2. The van der Waals surface area contributed by atoms with E-state index in [1.165, 1.54) is 10.9 Å². The molecule has 0 aliphatic carbocycles. The average molecular weight is 556 g/mol. The fourth-order valence-electron chi connectivity index (χ4n) is 4.35. The SMILES string of the molecule is Cc1nc2c(ncn2[C@H]2CC(O)[C@@H](COP(=O)(O)OC3C[C@H](n4cnc(N)nc4=O)O[C@@H]3CO)O2)c(=O)[nH]1. The number of aromatic nitrogens is 7. The molecule has 18 nitrogen and oxygen atoms in total. The van der Waals surface area contributed by atoms with E-state index < -0.39 is 69.2 Å². The summed E-state index contributed by atoms with van der Waals surface area (Å²) in [6.07, 6.45) is -3.60.